The van der Waals surface area contributed by atoms with Gasteiger partial charge in [0.15, 0.2) is 0 Å². The third-order valence-electron chi connectivity index (χ3n) is 5.58. The summed E-state index contributed by atoms with van der Waals surface area (Å²) in [5, 5.41) is 6.89. The Morgan fingerprint density at radius 3 is 2.74 bits per heavy atom. The Morgan fingerprint density at radius 2 is 1.94 bits per heavy atom. The van der Waals surface area contributed by atoms with E-state index in [0.29, 0.717) is 35.9 Å². The van der Waals surface area contributed by atoms with Crippen molar-refractivity contribution in [1.29, 1.82) is 0 Å². The number of anilines is 1. The van der Waals surface area contributed by atoms with Crippen LogP contribution in [0.15, 0.2) is 54.6 Å². The summed E-state index contributed by atoms with van der Waals surface area (Å²) in [7, 11) is 0. The van der Waals surface area contributed by atoms with E-state index >= 15 is 0 Å². The molecule has 3 amide bonds. The molecule has 0 saturated carbocycles. The Balaban J connectivity index is 1.38. The SMILES string of the molecule is Cc1ccc(NC(=O)NCC2CCCN(C(=O)c3cc(Cl)nc4ccccc34)C2)cc1. The average molecular weight is 437 g/mol. The van der Waals surface area contributed by atoms with Gasteiger partial charge in [0.2, 0.25) is 0 Å². The minimum Gasteiger partial charge on any atom is -0.338 e. The molecule has 0 aliphatic carbocycles. The number of para-hydroxylation sites is 1. The first-order valence-corrected chi connectivity index (χ1v) is 10.8. The Kier molecular flexibility index (Phi) is 6.37. The van der Waals surface area contributed by atoms with Crippen LogP contribution in [0.25, 0.3) is 10.9 Å². The van der Waals surface area contributed by atoms with Gasteiger partial charge in [-0.2, -0.15) is 0 Å². The minimum absolute atomic E-state index is 0.0469. The van der Waals surface area contributed by atoms with E-state index in [1.165, 1.54) is 0 Å². The second kappa shape index (κ2) is 9.35. The van der Waals surface area contributed by atoms with Gasteiger partial charge in [-0.1, -0.05) is 47.5 Å². The van der Waals surface area contributed by atoms with Crippen molar-refractivity contribution in [3.8, 4) is 0 Å². The minimum atomic E-state index is -0.237. The number of benzene rings is 2. The van der Waals surface area contributed by atoms with E-state index in [-0.39, 0.29) is 17.9 Å². The maximum atomic E-state index is 13.3. The van der Waals surface area contributed by atoms with E-state index in [1.807, 2.05) is 60.4 Å². The highest BCUT2D eigenvalue weighted by Gasteiger charge is 2.26. The number of fused-ring (bicyclic) bond motifs is 1. The Bertz CT molecular complexity index is 1100. The third kappa shape index (κ3) is 5.14. The third-order valence-corrected chi connectivity index (χ3v) is 5.78. The lowest BCUT2D eigenvalue weighted by Crippen LogP contribution is -2.44. The van der Waals surface area contributed by atoms with E-state index in [4.69, 9.17) is 11.6 Å². The molecule has 1 unspecified atom stereocenters. The molecule has 7 heteroatoms. The number of carbonyl (C=O) groups excluding carboxylic acids is 2. The van der Waals surface area contributed by atoms with Crippen molar-refractivity contribution in [1.82, 2.24) is 15.2 Å². The van der Waals surface area contributed by atoms with Crippen LogP contribution in [0.4, 0.5) is 10.5 Å². The van der Waals surface area contributed by atoms with Crippen molar-refractivity contribution in [2.75, 3.05) is 25.0 Å². The molecule has 1 aliphatic heterocycles. The number of likely N-dealkylation sites (tertiary alicyclic amines) is 1. The monoisotopic (exact) mass is 436 g/mol. The van der Waals surface area contributed by atoms with Crippen molar-refractivity contribution in [2.24, 2.45) is 5.92 Å². The molecule has 1 aromatic heterocycles. The first kappa shape index (κ1) is 21.1. The van der Waals surface area contributed by atoms with E-state index in [2.05, 4.69) is 15.6 Å². The number of amides is 3. The number of carbonyl (C=O) groups is 2. The predicted molar refractivity (Wildman–Crippen MR) is 124 cm³/mol. The number of hydrogen-bond donors (Lipinski definition) is 2. The zero-order chi connectivity index (χ0) is 21.8. The fourth-order valence-electron chi connectivity index (χ4n) is 3.96. The molecule has 31 heavy (non-hydrogen) atoms. The first-order chi connectivity index (χ1) is 15.0. The second-order valence-corrected chi connectivity index (χ2v) is 8.36. The van der Waals surface area contributed by atoms with Gasteiger partial charge in [0.1, 0.15) is 5.15 Å². The van der Waals surface area contributed by atoms with Crippen LogP contribution < -0.4 is 10.6 Å². The number of nitrogens with one attached hydrogen (secondary N) is 2. The summed E-state index contributed by atoms with van der Waals surface area (Å²) in [6, 6.07) is 16.6. The Hall–Kier alpha value is -3.12. The molecule has 4 rings (SSSR count). The molecular weight excluding hydrogens is 412 g/mol. The van der Waals surface area contributed by atoms with E-state index in [1.54, 1.807) is 6.07 Å². The maximum Gasteiger partial charge on any atom is 0.319 e. The maximum absolute atomic E-state index is 13.3. The van der Waals surface area contributed by atoms with Crippen LogP contribution in [0.5, 0.6) is 0 Å². The summed E-state index contributed by atoms with van der Waals surface area (Å²) in [6.45, 7) is 3.80. The number of nitrogens with zero attached hydrogens (tertiary/aromatic N) is 2. The zero-order valence-electron chi connectivity index (χ0n) is 17.4. The molecule has 1 saturated heterocycles. The topological polar surface area (TPSA) is 74.3 Å². The summed E-state index contributed by atoms with van der Waals surface area (Å²) in [4.78, 5) is 31.7. The highest BCUT2D eigenvalue weighted by atomic mass is 35.5. The number of aryl methyl sites for hydroxylation is 1. The fourth-order valence-corrected chi connectivity index (χ4v) is 4.16. The van der Waals surface area contributed by atoms with Gasteiger partial charge in [-0.15, -0.1) is 0 Å². The highest BCUT2D eigenvalue weighted by Crippen LogP contribution is 2.25. The van der Waals surface area contributed by atoms with Crippen molar-refractivity contribution in [3.63, 3.8) is 0 Å². The van der Waals surface area contributed by atoms with Crippen LogP contribution in [0.3, 0.4) is 0 Å². The lowest BCUT2D eigenvalue weighted by molar-refractivity contribution is 0.0677. The molecule has 1 aliphatic rings. The van der Waals surface area contributed by atoms with Gasteiger partial charge in [0, 0.05) is 30.7 Å². The summed E-state index contributed by atoms with van der Waals surface area (Å²) in [5.41, 5.74) is 3.17. The van der Waals surface area contributed by atoms with Crippen LogP contribution >= 0.6 is 11.6 Å². The molecule has 1 fully saturated rings. The smallest absolute Gasteiger partial charge is 0.319 e. The average Bonchev–Trinajstić information content (AvgIpc) is 2.78. The molecule has 1 atom stereocenters. The van der Waals surface area contributed by atoms with Crippen molar-refractivity contribution < 1.29 is 9.59 Å². The molecule has 0 bridgehead atoms. The highest BCUT2D eigenvalue weighted by molar-refractivity contribution is 6.30. The van der Waals surface area contributed by atoms with Gasteiger partial charge in [0.05, 0.1) is 11.1 Å². The van der Waals surface area contributed by atoms with Crippen LogP contribution in [-0.2, 0) is 0 Å². The Labute approximate surface area is 186 Å². The number of rotatable bonds is 4. The van der Waals surface area contributed by atoms with Gasteiger partial charge < -0.3 is 15.5 Å². The predicted octanol–water partition coefficient (Wildman–Crippen LogP) is 4.87. The van der Waals surface area contributed by atoms with E-state index in [0.717, 1.165) is 29.5 Å². The summed E-state index contributed by atoms with van der Waals surface area (Å²) in [5.74, 6) is 0.152. The number of halogens is 1. The van der Waals surface area contributed by atoms with Gasteiger partial charge in [-0.25, -0.2) is 9.78 Å². The van der Waals surface area contributed by atoms with Crippen molar-refractivity contribution in [3.05, 3.63) is 70.9 Å². The molecule has 6 nitrogen and oxygen atoms in total. The number of piperidine rings is 1. The molecule has 2 N–H and O–H groups in total. The van der Waals surface area contributed by atoms with Crippen LogP contribution in [0, 0.1) is 12.8 Å². The second-order valence-electron chi connectivity index (χ2n) is 7.97. The molecule has 2 aromatic carbocycles. The van der Waals surface area contributed by atoms with Crippen molar-refractivity contribution in [2.45, 2.75) is 19.8 Å². The number of hydrogen-bond acceptors (Lipinski definition) is 3. The quantitative estimate of drug-likeness (QED) is 0.573. The molecular formula is C24H25ClN4O2. The molecule has 0 spiro atoms. The number of pyridine rings is 1. The molecule has 0 radical (unpaired) electrons. The number of urea groups is 1. The van der Waals surface area contributed by atoms with Gasteiger partial charge in [0.25, 0.3) is 5.91 Å². The summed E-state index contributed by atoms with van der Waals surface area (Å²) < 4.78 is 0. The lowest BCUT2D eigenvalue weighted by atomic mass is 9.97. The van der Waals surface area contributed by atoms with E-state index < -0.39 is 0 Å². The summed E-state index contributed by atoms with van der Waals surface area (Å²) in [6.07, 6.45) is 1.86. The zero-order valence-corrected chi connectivity index (χ0v) is 18.2. The van der Waals surface area contributed by atoms with Crippen LogP contribution in [-0.4, -0.2) is 41.5 Å². The van der Waals surface area contributed by atoms with Gasteiger partial charge >= 0.3 is 6.03 Å². The summed E-state index contributed by atoms with van der Waals surface area (Å²) >= 11 is 6.16. The van der Waals surface area contributed by atoms with Crippen molar-refractivity contribution >= 4 is 40.1 Å². The fraction of sp³-hybridized carbons (Fsp3) is 0.292. The normalized spacial score (nSPS) is 16.2. The van der Waals surface area contributed by atoms with Gasteiger partial charge in [-0.05, 0) is 49.9 Å². The molecule has 160 valence electrons. The molecule has 3 aromatic rings. The number of aromatic nitrogens is 1. The van der Waals surface area contributed by atoms with E-state index in [9.17, 15) is 9.59 Å². The first-order valence-electron chi connectivity index (χ1n) is 10.5. The van der Waals surface area contributed by atoms with Gasteiger partial charge in [-0.3, -0.25) is 4.79 Å². The largest absolute Gasteiger partial charge is 0.338 e. The van der Waals surface area contributed by atoms with Crippen LogP contribution in [0.1, 0.15) is 28.8 Å². The Morgan fingerprint density at radius 1 is 1.16 bits per heavy atom. The molecule has 2 heterocycles. The van der Waals surface area contributed by atoms with Crippen LogP contribution in [0.2, 0.25) is 5.15 Å². The lowest BCUT2D eigenvalue weighted by Gasteiger charge is -2.33. The standard InChI is InChI=1S/C24H25ClN4O2/c1-16-8-10-18(11-9-16)27-24(31)26-14-17-5-4-12-29(15-17)23(30)20-13-22(25)28-21-7-3-2-6-19(20)21/h2-3,6-11,13,17H,4-5,12,14-15H2,1H3,(H2,26,27,31).